The van der Waals surface area contributed by atoms with Gasteiger partial charge in [-0.1, -0.05) is 0 Å². The van der Waals surface area contributed by atoms with E-state index in [1.54, 1.807) is 0 Å². The number of carbonyl (C=O) groups is 1. The quantitative estimate of drug-likeness (QED) is 0.414. The van der Waals surface area contributed by atoms with Crippen molar-refractivity contribution in [2.75, 3.05) is 0 Å². The topological polar surface area (TPSA) is 64.3 Å². The van der Waals surface area contributed by atoms with Crippen LogP contribution in [0.15, 0.2) is 0 Å². The van der Waals surface area contributed by atoms with E-state index < -0.39 is 0 Å². The third kappa shape index (κ3) is 4.18. The fourth-order valence-corrected chi connectivity index (χ4v) is 1.88. The van der Waals surface area contributed by atoms with Gasteiger partial charge in [0.1, 0.15) is 5.60 Å². The maximum Gasteiger partial charge on any atom is 0.309 e. The van der Waals surface area contributed by atoms with Crippen LogP contribution in [-0.4, -0.2) is 17.6 Å². The summed E-state index contributed by atoms with van der Waals surface area (Å²) < 4.78 is 5.36. The molecule has 0 unspecified atom stereocenters. The minimum atomic E-state index is -0.375. The SMILES string of the molecule is CC(C)(C)OC(=O)[C@H]1CC[C@H](NN)CC1. The van der Waals surface area contributed by atoms with Crippen LogP contribution in [0.25, 0.3) is 0 Å². The number of hydrazine groups is 1. The molecule has 4 heteroatoms. The Labute approximate surface area is 91.5 Å². The molecule has 0 atom stereocenters. The highest BCUT2D eigenvalue weighted by Gasteiger charge is 2.29. The Balaban J connectivity index is 2.37. The zero-order valence-electron chi connectivity index (χ0n) is 9.88. The highest BCUT2D eigenvalue weighted by molar-refractivity contribution is 5.73. The second-order valence-electron chi connectivity index (χ2n) is 5.25. The molecule has 0 heterocycles. The Morgan fingerprint density at radius 3 is 2.20 bits per heavy atom. The van der Waals surface area contributed by atoms with Crippen molar-refractivity contribution in [1.82, 2.24) is 5.43 Å². The summed E-state index contributed by atoms with van der Waals surface area (Å²) in [5, 5.41) is 0. The molecule has 0 saturated heterocycles. The van der Waals surface area contributed by atoms with Gasteiger partial charge in [-0.25, -0.2) is 0 Å². The van der Waals surface area contributed by atoms with Crippen molar-refractivity contribution in [3.05, 3.63) is 0 Å². The van der Waals surface area contributed by atoms with Crippen LogP contribution in [0.3, 0.4) is 0 Å². The van der Waals surface area contributed by atoms with Gasteiger partial charge in [-0.3, -0.25) is 16.1 Å². The molecule has 15 heavy (non-hydrogen) atoms. The van der Waals surface area contributed by atoms with Crippen molar-refractivity contribution >= 4 is 5.97 Å². The number of rotatable bonds is 2. The molecule has 4 nitrogen and oxygen atoms in total. The van der Waals surface area contributed by atoms with Crippen LogP contribution < -0.4 is 11.3 Å². The van der Waals surface area contributed by atoms with Gasteiger partial charge in [0.2, 0.25) is 0 Å². The van der Waals surface area contributed by atoms with Crippen molar-refractivity contribution < 1.29 is 9.53 Å². The first kappa shape index (κ1) is 12.5. The summed E-state index contributed by atoms with van der Waals surface area (Å²) in [6, 6.07) is 0.365. The first-order chi connectivity index (χ1) is 6.92. The third-order valence-electron chi connectivity index (χ3n) is 2.70. The standard InChI is InChI=1S/C11H22N2O2/c1-11(2,3)15-10(14)8-4-6-9(13-12)7-5-8/h8-9,13H,4-7,12H2,1-3H3/t8-,9-. The predicted octanol–water partition coefficient (Wildman–Crippen LogP) is 1.35. The van der Waals surface area contributed by atoms with Crippen LogP contribution in [0.1, 0.15) is 46.5 Å². The first-order valence-electron chi connectivity index (χ1n) is 5.61. The van der Waals surface area contributed by atoms with Gasteiger partial charge in [-0.05, 0) is 46.5 Å². The van der Waals surface area contributed by atoms with Gasteiger partial charge in [-0.15, -0.1) is 0 Å². The second-order valence-corrected chi connectivity index (χ2v) is 5.25. The van der Waals surface area contributed by atoms with Crippen molar-refractivity contribution in [1.29, 1.82) is 0 Å². The summed E-state index contributed by atoms with van der Waals surface area (Å²) in [4.78, 5) is 11.7. The van der Waals surface area contributed by atoms with Gasteiger partial charge in [-0.2, -0.15) is 0 Å². The Hall–Kier alpha value is -0.610. The Morgan fingerprint density at radius 1 is 1.27 bits per heavy atom. The molecule has 0 radical (unpaired) electrons. The van der Waals surface area contributed by atoms with Gasteiger partial charge in [0.15, 0.2) is 0 Å². The summed E-state index contributed by atoms with van der Waals surface area (Å²) in [5.41, 5.74) is 2.38. The maximum absolute atomic E-state index is 11.7. The lowest BCUT2D eigenvalue weighted by atomic mass is 9.86. The lowest BCUT2D eigenvalue weighted by molar-refractivity contribution is -0.161. The molecule has 88 valence electrons. The Bertz CT molecular complexity index is 215. The molecule has 0 aromatic heterocycles. The molecular weight excluding hydrogens is 192 g/mol. The van der Waals surface area contributed by atoms with Crippen LogP contribution in [0.4, 0.5) is 0 Å². The van der Waals surface area contributed by atoms with E-state index >= 15 is 0 Å². The van der Waals surface area contributed by atoms with Crippen LogP contribution in [-0.2, 0) is 9.53 Å². The number of nitrogens with two attached hydrogens (primary N) is 1. The lowest BCUT2D eigenvalue weighted by Gasteiger charge is -2.29. The number of esters is 1. The van der Waals surface area contributed by atoms with Gasteiger partial charge in [0.05, 0.1) is 5.92 Å². The monoisotopic (exact) mass is 214 g/mol. The molecule has 1 rings (SSSR count). The average molecular weight is 214 g/mol. The molecule has 1 aliphatic carbocycles. The van der Waals surface area contributed by atoms with Crippen molar-refractivity contribution in [2.24, 2.45) is 11.8 Å². The predicted molar refractivity (Wildman–Crippen MR) is 58.9 cm³/mol. The summed E-state index contributed by atoms with van der Waals surface area (Å²) in [6.07, 6.45) is 3.67. The van der Waals surface area contributed by atoms with E-state index in [0.29, 0.717) is 6.04 Å². The number of hydrogen-bond donors (Lipinski definition) is 2. The number of carbonyl (C=O) groups excluding carboxylic acids is 1. The fraction of sp³-hybridized carbons (Fsp3) is 0.909. The number of nitrogens with one attached hydrogen (secondary N) is 1. The van der Waals surface area contributed by atoms with Crippen LogP contribution in [0.2, 0.25) is 0 Å². The largest absolute Gasteiger partial charge is 0.460 e. The van der Waals surface area contributed by atoms with Gasteiger partial charge < -0.3 is 4.74 Å². The molecule has 0 amide bonds. The van der Waals surface area contributed by atoms with E-state index in [0.717, 1.165) is 25.7 Å². The maximum atomic E-state index is 11.7. The summed E-state index contributed by atoms with van der Waals surface area (Å²) in [6.45, 7) is 5.70. The molecule has 0 bridgehead atoms. The van der Waals surface area contributed by atoms with Crippen LogP contribution in [0, 0.1) is 5.92 Å². The van der Waals surface area contributed by atoms with E-state index in [1.165, 1.54) is 0 Å². The van der Waals surface area contributed by atoms with Crippen LogP contribution >= 0.6 is 0 Å². The van der Waals surface area contributed by atoms with E-state index in [1.807, 2.05) is 20.8 Å². The molecule has 0 aromatic carbocycles. The van der Waals surface area contributed by atoms with E-state index in [2.05, 4.69) is 5.43 Å². The molecule has 1 aliphatic rings. The Morgan fingerprint density at radius 2 is 1.80 bits per heavy atom. The summed E-state index contributed by atoms with van der Waals surface area (Å²) in [5.74, 6) is 5.37. The minimum absolute atomic E-state index is 0.0574. The molecule has 0 aliphatic heterocycles. The molecular formula is C11H22N2O2. The number of ether oxygens (including phenoxy) is 1. The molecule has 1 fully saturated rings. The van der Waals surface area contributed by atoms with Crippen molar-refractivity contribution in [2.45, 2.75) is 58.1 Å². The van der Waals surface area contributed by atoms with E-state index in [-0.39, 0.29) is 17.5 Å². The molecule has 1 saturated carbocycles. The highest BCUT2D eigenvalue weighted by atomic mass is 16.6. The van der Waals surface area contributed by atoms with E-state index in [4.69, 9.17) is 10.6 Å². The third-order valence-corrected chi connectivity index (χ3v) is 2.70. The minimum Gasteiger partial charge on any atom is -0.460 e. The van der Waals surface area contributed by atoms with Gasteiger partial charge >= 0.3 is 5.97 Å². The smallest absolute Gasteiger partial charge is 0.309 e. The number of hydrogen-bond acceptors (Lipinski definition) is 4. The van der Waals surface area contributed by atoms with Gasteiger partial charge in [0, 0.05) is 6.04 Å². The summed E-state index contributed by atoms with van der Waals surface area (Å²) in [7, 11) is 0. The van der Waals surface area contributed by atoms with Crippen molar-refractivity contribution in [3.8, 4) is 0 Å². The van der Waals surface area contributed by atoms with E-state index in [9.17, 15) is 4.79 Å². The zero-order valence-corrected chi connectivity index (χ0v) is 9.88. The Kier molecular flexibility index (Phi) is 4.11. The fourth-order valence-electron chi connectivity index (χ4n) is 1.88. The lowest BCUT2D eigenvalue weighted by Crippen LogP contribution is -2.40. The summed E-state index contributed by atoms with van der Waals surface area (Å²) >= 11 is 0. The zero-order chi connectivity index (χ0) is 11.5. The van der Waals surface area contributed by atoms with Crippen molar-refractivity contribution in [3.63, 3.8) is 0 Å². The average Bonchev–Trinajstić information content (AvgIpc) is 2.15. The molecule has 0 aromatic rings. The molecule has 3 N–H and O–H groups in total. The van der Waals surface area contributed by atoms with Gasteiger partial charge in [0.25, 0.3) is 0 Å². The normalized spacial score (nSPS) is 27.5. The van der Waals surface area contributed by atoms with Crippen LogP contribution in [0.5, 0.6) is 0 Å². The molecule has 0 spiro atoms. The highest BCUT2D eigenvalue weighted by Crippen LogP contribution is 2.26. The first-order valence-corrected chi connectivity index (χ1v) is 5.61. The second kappa shape index (κ2) is 4.94.